The normalized spacial score (nSPS) is 11.8. The van der Waals surface area contributed by atoms with Gasteiger partial charge in [-0.2, -0.15) is 0 Å². The van der Waals surface area contributed by atoms with Crippen LogP contribution in [0.2, 0.25) is 0 Å². The van der Waals surface area contributed by atoms with Crippen molar-refractivity contribution in [1.29, 1.82) is 0 Å². The van der Waals surface area contributed by atoms with Gasteiger partial charge in [-0.05, 0) is 32.2 Å². The van der Waals surface area contributed by atoms with Gasteiger partial charge in [-0.1, -0.05) is 46.3 Å². The van der Waals surface area contributed by atoms with E-state index in [2.05, 4.69) is 26.6 Å². The molecule has 1 atom stereocenters. The molecule has 0 fully saturated rings. The van der Waals surface area contributed by atoms with E-state index in [9.17, 15) is 4.79 Å². The molecule has 0 saturated carbocycles. The highest BCUT2D eigenvalue weighted by atomic mass is 79.9. The van der Waals surface area contributed by atoms with Crippen LogP contribution in [0.3, 0.4) is 0 Å². The third kappa shape index (κ3) is 5.08. The van der Waals surface area contributed by atoms with E-state index >= 15 is 0 Å². The number of halogens is 1. The van der Waals surface area contributed by atoms with Crippen molar-refractivity contribution in [3.8, 4) is 5.75 Å². The fourth-order valence-electron chi connectivity index (χ4n) is 1.99. The Morgan fingerprint density at radius 1 is 1.17 bits per heavy atom. The van der Waals surface area contributed by atoms with Crippen LogP contribution in [0.25, 0.3) is 0 Å². The fraction of sp³-hybridized carbons (Fsp3) is 0.278. The molecule has 0 aliphatic rings. The number of carbonyl (C=O) groups excluding carboxylic acids is 1. The first-order valence-electron chi connectivity index (χ1n) is 7.52. The second-order valence-corrected chi connectivity index (χ2v) is 6.13. The first kappa shape index (κ1) is 17.5. The summed E-state index contributed by atoms with van der Waals surface area (Å²) in [7, 11) is 1.87. The van der Waals surface area contributed by atoms with E-state index in [1.807, 2.05) is 56.4 Å². The molecule has 0 aliphatic heterocycles. The van der Waals surface area contributed by atoms with E-state index in [-0.39, 0.29) is 11.9 Å². The summed E-state index contributed by atoms with van der Waals surface area (Å²) in [4.78, 5) is 12.3. The monoisotopic (exact) mass is 376 g/mol. The molecule has 0 radical (unpaired) electrons. The number of likely N-dealkylation sites (N-methyl/N-ethyl adjacent to an activating group) is 1. The Bertz CT molecular complexity index is 661. The van der Waals surface area contributed by atoms with E-state index in [0.29, 0.717) is 24.5 Å². The minimum atomic E-state index is -0.130. The molecule has 122 valence electrons. The lowest BCUT2D eigenvalue weighted by Gasteiger charge is -2.14. The number of para-hydroxylation sites is 1. The summed E-state index contributed by atoms with van der Waals surface area (Å²) in [5.74, 6) is 0.452. The lowest BCUT2D eigenvalue weighted by atomic mass is 10.1. The molecule has 2 rings (SSSR count). The molecule has 1 amide bonds. The molecule has 0 aliphatic carbocycles. The van der Waals surface area contributed by atoms with E-state index in [1.54, 1.807) is 6.07 Å². The number of amides is 1. The zero-order valence-corrected chi connectivity index (χ0v) is 14.9. The highest BCUT2D eigenvalue weighted by Crippen LogP contribution is 2.22. The Hall–Kier alpha value is -1.85. The zero-order chi connectivity index (χ0) is 16.7. The van der Waals surface area contributed by atoms with Crippen LogP contribution >= 0.6 is 15.9 Å². The van der Waals surface area contributed by atoms with Crippen LogP contribution in [0, 0.1) is 0 Å². The molecular formula is C18H21BrN2O2. The van der Waals surface area contributed by atoms with E-state index < -0.39 is 0 Å². The Morgan fingerprint density at radius 3 is 2.61 bits per heavy atom. The van der Waals surface area contributed by atoms with Gasteiger partial charge in [0.1, 0.15) is 12.4 Å². The minimum absolute atomic E-state index is 0.130. The zero-order valence-electron chi connectivity index (χ0n) is 13.3. The number of rotatable bonds is 7. The van der Waals surface area contributed by atoms with Crippen molar-refractivity contribution in [2.45, 2.75) is 19.6 Å². The first-order valence-corrected chi connectivity index (χ1v) is 8.31. The number of ether oxygens (including phenoxy) is 1. The van der Waals surface area contributed by atoms with Gasteiger partial charge in [0.2, 0.25) is 0 Å². The third-order valence-corrected chi connectivity index (χ3v) is 4.31. The Labute approximate surface area is 145 Å². The summed E-state index contributed by atoms with van der Waals surface area (Å²) in [5, 5.41) is 6.00. The largest absolute Gasteiger partial charge is 0.488 e. The van der Waals surface area contributed by atoms with Crippen molar-refractivity contribution in [1.82, 2.24) is 10.6 Å². The van der Waals surface area contributed by atoms with Gasteiger partial charge in [-0.15, -0.1) is 0 Å². The standard InChI is InChI=1S/C18H21BrN2O2/c1-13(20-2)11-21-18(22)15-8-4-6-10-17(15)23-12-14-7-3-5-9-16(14)19/h3-10,13,20H,11-12H2,1-2H3,(H,21,22). The molecule has 1 unspecified atom stereocenters. The van der Waals surface area contributed by atoms with Crippen molar-refractivity contribution in [3.05, 3.63) is 64.1 Å². The van der Waals surface area contributed by atoms with E-state index in [1.165, 1.54) is 0 Å². The van der Waals surface area contributed by atoms with Gasteiger partial charge in [-0.25, -0.2) is 0 Å². The first-order chi connectivity index (χ1) is 11.1. The van der Waals surface area contributed by atoms with Crippen molar-refractivity contribution >= 4 is 21.8 Å². The van der Waals surface area contributed by atoms with Crippen LogP contribution in [-0.4, -0.2) is 25.5 Å². The lowest BCUT2D eigenvalue weighted by molar-refractivity contribution is 0.0946. The number of nitrogens with one attached hydrogen (secondary N) is 2. The molecule has 23 heavy (non-hydrogen) atoms. The summed E-state index contributed by atoms with van der Waals surface area (Å²) in [6, 6.07) is 15.4. The minimum Gasteiger partial charge on any atom is -0.488 e. The van der Waals surface area contributed by atoms with Crippen molar-refractivity contribution < 1.29 is 9.53 Å². The molecular weight excluding hydrogens is 356 g/mol. The van der Waals surface area contributed by atoms with Crippen LogP contribution < -0.4 is 15.4 Å². The molecule has 2 aromatic rings. The Balaban J connectivity index is 2.05. The summed E-state index contributed by atoms with van der Waals surface area (Å²) in [6.45, 7) is 2.97. The molecule has 0 aromatic heterocycles. The third-order valence-electron chi connectivity index (χ3n) is 3.53. The van der Waals surface area contributed by atoms with E-state index in [4.69, 9.17) is 4.74 Å². The van der Waals surface area contributed by atoms with Crippen LogP contribution in [0.15, 0.2) is 53.0 Å². The highest BCUT2D eigenvalue weighted by molar-refractivity contribution is 9.10. The van der Waals surface area contributed by atoms with Gasteiger partial charge in [0.25, 0.3) is 5.91 Å². The predicted molar refractivity (Wildman–Crippen MR) is 95.8 cm³/mol. The Kier molecular flexibility index (Phi) is 6.62. The highest BCUT2D eigenvalue weighted by Gasteiger charge is 2.13. The maximum Gasteiger partial charge on any atom is 0.255 e. The average Bonchev–Trinajstić information content (AvgIpc) is 2.59. The summed E-state index contributed by atoms with van der Waals surface area (Å²) >= 11 is 3.50. The second kappa shape index (κ2) is 8.70. The lowest BCUT2D eigenvalue weighted by Crippen LogP contribution is -2.37. The average molecular weight is 377 g/mol. The van der Waals surface area contributed by atoms with Crippen LogP contribution in [-0.2, 0) is 6.61 Å². The van der Waals surface area contributed by atoms with Gasteiger partial charge in [0.05, 0.1) is 5.56 Å². The van der Waals surface area contributed by atoms with Gasteiger partial charge < -0.3 is 15.4 Å². The molecule has 0 spiro atoms. The molecule has 2 N–H and O–H groups in total. The molecule has 0 saturated heterocycles. The van der Waals surface area contributed by atoms with Crippen molar-refractivity contribution in [3.63, 3.8) is 0 Å². The molecule has 0 bridgehead atoms. The van der Waals surface area contributed by atoms with E-state index in [0.717, 1.165) is 10.0 Å². The molecule has 4 nitrogen and oxygen atoms in total. The van der Waals surface area contributed by atoms with Crippen LogP contribution in [0.4, 0.5) is 0 Å². The fourth-order valence-corrected chi connectivity index (χ4v) is 2.39. The van der Waals surface area contributed by atoms with Crippen LogP contribution in [0.5, 0.6) is 5.75 Å². The SMILES string of the molecule is CNC(C)CNC(=O)c1ccccc1OCc1ccccc1Br. The van der Waals surface area contributed by atoms with Crippen LogP contribution in [0.1, 0.15) is 22.8 Å². The number of hydrogen-bond acceptors (Lipinski definition) is 3. The van der Waals surface area contributed by atoms with Crippen molar-refractivity contribution in [2.24, 2.45) is 0 Å². The Morgan fingerprint density at radius 2 is 1.87 bits per heavy atom. The maximum absolute atomic E-state index is 12.3. The summed E-state index contributed by atoms with van der Waals surface area (Å²) in [5.41, 5.74) is 1.58. The van der Waals surface area contributed by atoms with Gasteiger partial charge in [-0.3, -0.25) is 4.79 Å². The topological polar surface area (TPSA) is 50.4 Å². The second-order valence-electron chi connectivity index (χ2n) is 5.28. The predicted octanol–water partition coefficient (Wildman–Crippen LogP) is 3.37. The summed E-state index contributed by atoms with van der Waals surface area (Å²) < 4.78 is 6.84. The van der Waals surface area contributed by atoms with Gasteiger partial charge in [0.15, 0.2) is 0 Å². The molecule has 0 heterocycles. The van der Waals surface area contributed by atoms with Crippen molar-refractivity contribution in [2.75, 3.05) is 13.6 Å². The number of hydrogen-bond donors (Lipinski definition) is 2. The van der Waals surface area contributed by atoms with Gasteiger partial charge >= 0.3 is 0 Å². The molecule has 5 heteroatoms. The van der Waals surface area contributed by atoms with Gasteiger partial charge in [0, 0.05) is 22.6 Å². The maximum atomic E-state index is 12.3. The number of carbonyl (C=O) groups is 1. The number of benzene rings is 2. The molecule has 2 aromatic carbocycles. The smallest absolute Gasteiger partial charge is 0.255 e. The quantitative estimate of drug-likeness (QED) is 0.778. The summed E-state index contributed by atoms with van der Waals surface area (Å²) in [6.07, 6.45) is 0.